The Morgan fingerprint density at radius 1 is 1.09 bits per heavy atom. The maximum absolute atomic E-state index is 13.3. The van der Waals surface area contributed by atoms with Crippen LogP contribution in [0.1, 0.15) is 31.2 Å². The van der Waals surface area contributed by atoms with Crippen LogP contribution in [0.4, 0.5) is 4.79 Å². The van der Waals surface area contributed by atoms with E-state index in [0.717, 1.165) is 12.7 Å². The Labute approximate surface area is 200 Å². The average molecular weight is 477 g/mol. The number of phenols is 1. The summed E-state index contributed by atoms with van der Waals surface area (Å²) in [7, 11) is 2.52. The second kappa shape index (κ2) is 8.04. The molecule has 9 heteroatoms. The first-order chi connectivity index (χ1) is 16.7. The molecule has 0 radical (unpaired) electrons. The number of imide groups is 3. The number of carbonyl (C=O) groups excluding carboxylic acids is 5. The Kier molecular flexibility index (Phi) is 5.23. The van der Waals surface area contributed by atoms with Crippen LogP contribution in [0.15, 0.2) is 52.6 Å². The summed E-state index contributed by atoms with van der Waals surface area (Å²) in [6.45, 7) is 1.58. The number of benzene rings is 1. The Morgan fingerprint density at radius 2 is 1.83 bits per heavy atom. The molecule has 5 rings (SSSR count). The lowest BCUT2D eigenvalue weighted by Gasteiger charge is -2.42. The molecule has 1 aromatic carbocycles. The summed E-state index contributed by atoms with van der Waals surface area (Å²) in [5.74, 6) is -4.64. The molecule has 9 nitrogen and oxygen atoms in total. The van der Waals surface area contributed by atoms with Crippen LogP contribution in [-0.2, 0) is 23.9 Å². The third-order valence-corrected chi connectivity index (χ3v) is 7.46. The van der Waals surface area contributed by atoms with Gasteiger partial charge in [0, 0.05) is 22.6 Å². The number of aromatic hydroxyl groups is 1. The molecule has 1 N–H and O–H groups in total. The van der Waals surface area contributed by atoms with Crippen LogP contribution in [0.5, 0.6) is 11.5 Å². The van der Waals surface area contributed by atoms with Crippen LogP contribution in [-0.4, -0.2) is 53.7 Å². The van der Waals surface area contributed by atoms with Crippen LogP contribution < -0.4 is 4.74 Å². The van der Waals surface area contributed by atoms with E-state index in [1.54, 1.807) is 19.1 Å². The largest absolute Gasteiger partial charge is 0.504 e. The second-order valence-corrected chi connectivity index (χ2v) is 9.14. The van der Waals surface area contributed by atoms with Gasteiger partial charge in [0.2, 0.25) is 11.8 Å². The van der Waals surface area contributed by atoms with Gasteiger partial charge in [0.1, 0.15) is 0 Å². The number of phenolic OH excluding ortho intramolecular Hbond substituents is 1. The number of likely N-dealkylation sites (tertiary alicyclic amines) is 1. The number of ketones is 2. The highest BCUT2D eigenvalue weighted by Gasteiger charge is 2.58. The molecule has 1 aromatic rings. The molecule has 180 valence electrons. The number of Topliss-reactive ketones (excluding diaryl/α,β-unsaturated/α-hetero) is 1. The summed E-state index contributed by atoms with van der Waals surface area (Å²) >= 11 is 0. The van der Waals surface area contributed by atoms with Crippen molar-refractivity contribution in [2.45, 2.75) is 25.7 Å². The number of methoxy groups -OCH3 is 2. The molecular formula is C26H23NO8. The number of fused-ring (bicyclic) bond motifs is 3. The lowest BCUT2D eigenvalue weighted by molar-refractivity contribution is -0.137. The maximum Gasteiger partial charge on any atom is 0.423 e. The topological polar surface area (TPSA) is 127 Å². The Balaban J connectivity index is 1.68. The number of rotatable bonds is 2. The number of nitrogens with zero attached hydrogens (tertiary/aromatic N) is 1. The summed E-state index contributed by atoms with van der Waals surface area (Å²) in [5, 5.41) is 10.5. The van der Waals surface area contributed by atoms with E-state index in [9.17, 15) is 29.1 Å². The maximum atomic E-state index is 13.3. The Morgan fingerprint density at radius 3 is 2.49 bits per heavy atom. The van der Waals surface area contributed by atoms with Crippen LogP contribution in [0.25, 0.3) is 0 Å². The molecular weight excluding hydrogens is 454 g/mol. The van der Waals surface area contributed by atoms with E-state index in [1.165, 1.54) is 19.3 Å². The third-order valence-electron chi connectivity index (χ3n) is 7.46. The predicted octanol–water partition coefficient (Wildman–Crippen LogP) is 2.60. The summed E-state index contributed by atoms with van der Waals surface area (Å²) in [4.78, 5) is 65.3. The fourth-order valence-electron chi connectivity index (χ4n) is 5.90. The Bertz CT molecular complexity index is 1320. The molecule has 1 aliphatic heterocycles. The minimum absolute atomic E-state index is 0.101. The van der Waals surface area contributed by atoms with E-state index in [1.807, 2.05) is 6.08 Å². The van der Waals surface area contributed by atoms with Crippen molar-refractivity contribution in [1.82, 2.24) is 4.90 Å². The number of allylic oxidation sites excluding steroid dienone is 6. The molecule has 4 aliphatic rings. The summed E-state index contributed by atoms with van der Waals surface area (Å²) in [6.07, 6.45) is 2.39. The van der Waals surface area contributed by atoms with Crippen molar-refractivity contribution >= 4 is 29.5 Å². The Hall–Kier alpha value is -4.01. The second-order valence-electron chi connectivity index (χ2n) is 9.14. The average Bonchev–Trinajstić information content (AvgIpc) is 3.10. The fourth-order valence-corrected chi connectivity index (χ4v) is 5.90. The molecule has 3 amide bonds. The first kappa shape index (κ1) is 22.8. The number of amides is 3. The predicted molar refractivity (Wildman–Crippen MR) is 120 cm³/mol. The van der Waals surface area contributed by atoms with Gasteiger partial charge in [-0.15, -0.1) is 0 Å². The zero-order valence-corrected chi connectivity index (χ0v) is 19.4. The minimum atomic E-state index is -1.04. The van der Waals surface area contributed by atoms with E-state index in [-0.39, 0.29) is 35.9 Å². The van der Waals surface area contributed by atoms with Crippen LogP contribution in [0.2, 0.25) is 0 Å². The van der Waals surface area contributed by atoms with Gasteiger partial charge in [0.25, 0.3) is 0 Å². The van der Waals surface area contributed by atoms with Crippen LogP contribution >= 0.6 is 0 Å². The smallest absolute Gasteiger partial charge is 0.423 e. The summed E-state index contributed by atoms with van der Waals surface area (Å²) in [6, 6.07) is 4.76. The zero-order valence-electron chi connectivity index (χ0n) is 19.4. The summed E-state index contributed by atoms with van der Waals surface area (Å²) < 4.78 is 9.79. The quantitative estimate of drug-likeness (QED) is 0.391. The molecule has 35 heavy (non-hydrogen) atoms. The highest BCUT2D eigenvalue weighted by Crippen LogP contribution is 2.55. The van der Waals surface area contributed by atoms with Crippen molar-refractivity contribution in [1.29, 1.82) is 0 Å². The molecule has 4 atom stereocenters. The molecule has 0 aromatic heterocycles. The van der Waals surface area contributed by atoms with Gasteiger partial charge in [-0.25, -0.2) is 4.79 Å². The zero-order chi connectivity index (χ0) is 25.2. The monoisotopic (exact) mass is 477 g/mol. The highest BCUT2D eigenvalue weighted by molar-refractivity contribution is 6.24. The SMILES string of the molecule is COC(=O)N1C(=O)[C@H]2[C@H](CC=C3[C@H](c4ccc(OC)c(O)c4)C4=C(C[C@H]32)C(=O)C=C(C)C4=O)C1=O. The van der Waals surface area contributed by atoms with Crippen molar-refractivity contribution in [3.63, 3.8) is 0 Å². The van der Waals surface area contributed by atoms with E-state index >= 15 is 0 Å². The molecule has 3 aliphatic carbocycles. The first-order valence-corrected chi connectivity index (χ1v) is 11.2. The minimum Gasteiger partial charge on any atom is -0.504 e. The van der Waals surface area contributed by atoms with E-state index < -0.39 is 41.6 Å². The third kappa shape index (κ3) is 3.18. The molecule has 0 saturated carbocycles. The van der Waals surface area contributed by atoms with Crippen molar-refractivity contribution < 1.29 is 38.6 Å². The molecule has 1 fully saturated rings. The standard InChI is InChI=1S/C26H23NO8/c1-11-8-17(28)16-10-15-13(5-6-14-21(15)25(32)27(24(14)31)26(33)35-3)20(22(16)23(11)30)12-4-7-19(34-2)18(29)9-12/h4-5,7-9,14-15,20-21,29H,6,10H2,1-3H3/t14-,15+,20-,21-/m0/s1. The lowest BCUT2D eigenvalue weighted by atomic mass is 9.59. The van der Waals surface area contributed by atoms with Crippen LogP contribution in [0.3, 0.4) is 0 Å². The first-order valence-electron chi connectivity index (χ1n) is 11.2. The van der Waals surface area contributed by atoms with Gasteiger partial charge in [-0.2, -0.15) is 4.90 Å². The molecule has 0 bridgehead atoms. The van der Waals surface area contributed by atoms with Crippen molar-refractivity contribution in [2.75, 3.05) is 14.2 Å². The molecule has 1 heterocycles. The van der Waals surface area contributed by atoms with Gasteiger partial charge >= 0.3 is 6.09 Å². The molecule has 0 unspecified atom stereocenters. The highest BCUT2D eigenvalue weighted by atomic mass is 16.5. The molecule has 0 spiro atoms. The van der Waals surface area contributed by atoms with Gasteiger partial charge < -0.3 is 14.6 Å². The van der Waals surface area contributed by atoms with Crippen LogP contribution in [0, 0.1) is 17.8 Å². The van der Waals surface area contributed by atoms with Gasteiger partial charge in [-0.05, 0) is 49.5 Å². The number of hydrogen-bond donors (Lipinski definition) is 1. The van der Waals surface area contributed by atoms with E-state index in [2.05, 4.69) is 4.74 Å². The molecule has 1 saturated heterocycles. The van der Waals surface area contributed by atoms with Gasteiger partial charge in [0.05, 0.1) is 26.1 Å². The van der Waals surface area contributed by atoms with Gasteiger partial charge in [-0.3, -0.25) is 19.2 Å². The normalized spacial score (nSPS) is 27.7. The van der Waals surface area contributed by atoms with Gasteiger partial charge in [0.15, 0.2) is 23.1 Å². The lowest BCUT2D eigenvalue weighted by Crippen LogP contribution is -2.40. The van der Waals surface area contributed by atoms with E-state index in [0.29, 0.717) is 27.2 Å². The van der Waals surface area contributed by atoms with E-state index in [4.69, 9.17) is 4.74 Å². The van der Waals surface area contributed by atoms with Crippen molar-refractivity contribution in [2.24, 2.45) is 17.8 Å². The number of ether oxygens (including phenoxy) is 2. The van der Waals surface area contributed by atoms with Crippen molar-refractivity contribution in [3.8, 4) is 11.5 Å². The number of hydrogen-bond acceptors (Lipinski definition) is 8. The summed E-state index contributed by atoms with van der Waals surface area (Å²) in [5.41, 5.74) is 2.21. The fraction of sp³-hybridized carbons (Fsp3) is 0.346. The van der Waals surface area contributed by atoms with Gasteiger partial charge in [-0.1, -0.05) is 17.7 Å². The van der Waals surface area contributed by atoms with Crippen molar-refractivity contribution in [3.05, 3.63) is 58.2 Å². The number of carbonyl (C=O) groups is 5.